The van der Waals surface area contributed by atoms with Gasteiger partial charge in [-0.2, -0.15) is 20.2 Å². The van der Waals surface area contributed by atoms with Crippen LogP contribution < -0.4 is 5.32 Å². The summed E-state index contributed by atoms with van der Waals surface area (Å²) in [4.78, 5) is 12.3. The fourth-order valence-corrected chi connectivity index (χ4v) is 2.13. The van der Waals surface area contributed by atoms with Crippen LogP contribution >= 0.6 is 0 Å². The van der Waals surface area contributed by atoms with Gasteiger partial charge >= 0.3 is 0 Å². The number of aromatic hydroxyl groups is 1. The van der Waals surface area contributed by atoms with E-state index in [1.165, 1.54) is 0 Å². The molecule has 2 aromatic heterocycles. The van der Waals surface area contributed by atoms with Crippen molar-refractivity contribution in [3.63, 3.8) is 0 Å². The molecule has 0 fully saturated rings. The molecule has 0 saturated carbocycles. The van der Waals surface area contributed by atoms with Crippen LogP contribution in [0.1, 0.15) is 11.4 Å². The highest BCUT2D eigenvalue weighted by Gasteiger charge is 2.17. The first-order valence-corrected chi connectivity index (χ1v) is 6.32. The summed E-state index contributed by atoms with van der Waals surface area (Å²) in [7, 11) is 1.68. The zero-order valence-electron chi connectivity index (χ0n) is 11.3. The number of hydrogen-bond donors (Lipinski definition) is 2. The van der Waals surface area contributed by atoms with Gasteiger partial charge in [-0.3, -0.25) is 4.57 Å². The van der Waals surface area contributed by atoms with Gasteiger partial charge in [0, 0.05) is 7.05 Å². The van der Waals surface area contributed by atoms with Crippen LogP contribution in [0, 0.1) is 11.3 Å². The van der Waals surface area contributed by atoms with E-state index in [0.29, 0.717) is 23.5 Å². The van der Waals surface area contributed by atoms with Crippen molar-refractivity contribution in [3.8, 4) is 12.1 Å². The van der Waals surface area contributed by atoms with E-state index < -0.39 is 0 Å². The van der Waals surface area contributed by atoms with Crippen LogP contribution in [0.4, 0.5) is 5.82 Å². The molecule has 0 amide bonds. The van der Waals surface area contributed by atoms with Crippen molar-refractivity contribution in [2.45, 2.75) is 6.54 Å². The smallest absolute Gasteiger partial charge is 0.296 e. The number of anilines is 1. The van der Waals surface area contributed by atoms with E-state index in [1.807, 2.05) is 36.4 Å². The lowest BCUT2D eigenvalue weighted by Crippen LogP contribution is -2.03. The summed E-state index contributed by atoms with van der Waals surface area (Å²) >= 11 is 0. The first-order valence-electron chi connectivity index (χ1n) is 6.32. The summed E-state index contributed by atoms with van der Waals surface area (Å²) < 4.78 is 1.55. The summed E-state index contributed by atoms with van der Waals surface area (Å²) in [5.74, 6) is 0.444. The van der Waals surface area contributed by atoms with Gasteiger partial charge < -0.3 is 10.4 Å². The fourth-order valence-electron chi connectivity index (χ4n) is 2.13. The molecule has 0 radical (unpaired) electrons. The Balaban J connectivity index is 2.18. The predicted octanol–water partition coefficient (Wildman–Crippen LogP) is 1.49. The number of imidazole rings is 1. The standard InChI is InChI=1S/C14H12N6O/c1-16-12-11-13(18-10(7-15)17-12)20(14(21)19-11)8-9-5-3-2-4-6-9/h2-6H,8H2,1H3,(H,19,21)(H,16,17,18). The Labute approximate surface area is 120 Å². The Kier molecular flexibility index (Phi) is 3.12. The minimum absolute atomic E-state index is 0.0288. The molecule has 0 aliphatic heterocycles. The maximum absolute atomic E-state index is 10.1. The number of nitrogens with zero attached hydrogens (tertiary/aromatic N) is 5. The normalized spacial score (nSPS) is 10.5. The minimum atomic E-state index is -0.158. The molecule has 1 aromatic carbocycles. The maximum atomic E-state index is 10.1. The minimum Gasteiger partial charge on any atom is -0.480 e. The third kappa shape index (κ3) is 2.23. The van der Waals surface area contributed by atoms with Gasteiger partial charge in [0.15, 0.2) is 17.0 Å². The van der Waals surface area contributed by atoms with E-state index in [1.54, 1.807) is 11.6 Å². The van der Waals surface area contributed by atoms with Gasteiger partial charge in [-0.25, -0.2) is 0 Å². The zero-order valence-corrected chi connectivity index (χ0v) is 11.3. The molecule has 104 valence electrons. The number of fused-ring (bicyclic) bond motifs is 1. The lowest BCUT2D eigenvalue weighted by molar-refractivity contribution is 0.408. The molecule has 0 spiro atoms. The summed E-state index contributed by atoms with van der Waals surface area (Å²) in [6.45, 7) is 0.411. The van der Waals surface area contributed by atoms with Crippen LogP contribution in [-0.2, 0) is 6.54 Å². The van der Waals surface area contributed by atoms with E-state index in [0.717, 1.165) is 5.56 Å². The third-order valence-corrected chi connectivity index (χ3v) is 3.09. The molecule has 7 heteroatoms. The molecular formula is C14H12N6O. The Hall–Kier alpha value is -3.14. The zero-order chi connectivity index (χ0) is 14.8. The molecule has 0 atom stereocenters. The number of hydrogen-bond acceptors (Lipinski definition) is 6. The Morgan fingerprint density at radius 3 is 2.67 bits per heavy atom. The molecule has 0 bridgehead atoms. The van der Waals surface area contributed by atoms with Crippen LogP contribution in [-0.4, -0.2) is 31.7 Å². The highest BCUT2D eigenvalue weighted by atomic mass is 16.3. The van der Waals surface area contributed by atoms with Crippen molar-refractivity contribution in [2.24, 2.45) is 0 Å². The van der Waals surface area contributed by atoms with Gasteiger partial charge in [0.2, 0.25) is 5.82 Å². The fraction of sp³-hybridized carbons (Fsp3) is 0.143. The molecule has 0 aliphatic rings. The van der Waals surface area contributed by atoms with Crippen molar-refractivity contribution in [3.05, 3.63) is 41.7 Å². The molecule has 21 heavy (non-hydrogen) atoms. The van der Waals surface area contributed by atoms with Crippen molar-refractivity contribution in [1.29, 1.82) is 5.26 Å². The highest BCUT2D eigenvalue weighted by molar-refractivity contribution is 5.84. The van der Waals surface area contributed by atoms with Gasteiger partial charge in [-0.15, -0.1) is 0 Å². The van der Waals surface area contributed by atoms with E-state index in [4.69, 9.17) is 5.26 Å². The second-order valence-electron chi connectivity index (χ2n) is 4.41. The second-order valence-corrected chi connectivity index (χ2v) is 4.41. The quantitative estimate of drug-likeness (QED) is 0.754. The van der Waals surface area contributed by atoms with Gasteiger partial charge in [0.25, 0.3) is 6.01 Å². The van der Waals surface area contributed by atoms with Crippen LogP contribution in [0.15, 0.2) is 30.3 Å². The Morgan fingerprint density at radius 2 is 2.00 bits per heavy atom. The molecule has 0 saturated heterocycles. The number of nitrogens with one attached hydrogen (secondary N) is 1. The molecule has 7 nitrogen and oxygen atoms in total. The molecule has 2 heterocycles. The van der Waals surface area contributed by atoms with Crippen molar-refractivity contribution in [1.82, 2.24) is 19.5 Å². The van der Waals surface area contributed by atoms with E-state index in [2.05, 4.69) is 20.3 Å². The van der Waals surface area contributed by atoms with Crippen LogP contribution in [0.3, 0.4) is 0 Å². The third-order valence-electron chi connectivity index (χ3n) is 3.09. The molecule has 2 N–H and O–H groups in total. The van der Waals surface area contributed by atoms with Gasteiger partial charge in [-0.1, -0.05) is 30.3 Å². The predicted molar refractivity (Wildman–Crippen MR) is 76.8 cm³/mol. The first kappa shape index (κ1) is 12.9. The average molecular weight is 280 g/mol. The van der Waals surface area contributed by atoms with Gasteiger partial charge in [0.1, 0.15) is 6.07 Å². The molecule has 3 aromatic rings. The number of rotatable bonds is 3. The number of aromatic nitrogens is 4. The Morgan fingerprint density at radius 1 is 1.24 bits per heavy atom. The van der Waals surface area contributed by atoms with Crippen LogP contribution in [0.25, 0.3) is 11.2 Å². The van der Waals surface area contributed by atoms with E-state index >= 15 is 0 Å². The number of nitriles is 1. The van der Waals surface area contributed by atoms with Crippen LogP contribution in [0.2, 0.25) is 0 Å². The SMILES string of the molecule is CNc1nc(C#N)nc2c1nc(O)n2Cc1ccccc1. The van der Waals surface area contributed by atoms with Gasteiger partial charge in [-0.05, 0) is 5.56 Å². The highest BCUT2D eigenvalue weighted by Crippen LogP contribution is 2.25. The molecular weight excluding hydrogens is 268 g/mol. The lowest BCUT2D eigenvalue weighted by atomic mass is 10.2. The first-order chi connectivity index (χ1) is 10.2. The topological polar surface area (TPSA) is 99.7 Å². The van der Waals surface area contributed by atoms with Crippen molar-refractivity contribution in [2.75, 3.05) is 12.4 Å². The summed E-state index contributed by atoms with van der Waals surface area (Å²) in [5, 5.41) is 21.9. The van der Waals surface area contributed by atoms with Gasteiger partial charge in [0.05, 0.1) is 6.54 Å². The van der Waals surface area contributed by atoms with Crippen molar-refractivity contribution < 1.29 is 5.11 Å². The maximum Gasteiger partial charge on any atom is 0.296 e. The summed E-state index contributed by atoms with van der Waals surface area (Å²) in [6.07, 6.45) is 0. The Bertz CT molecular complexity index is 834. The monoisotopic (exact) mass is 280 g/mol. The van der Waals surface area contributed by atoms with Crippen LogP contribution in [0.5, 0.6) is 6.01 Å². The number of benzene rings is 1. The summed E-state index contributed by atoms with van der Waals surface area (Å²) in [5.41, 5.74) is 1.85. The molecule has 0 aliphatic carbocycles. The molecule has 3 rings (SSSR count). The average Bonchev–Trinajstić information content (AvgIpc) is 2.83. The summed E-state index contributed by atoms with van der Waals surface area (Å²) in [6, 6.07) is 11.4. The molecule has 0 unspecified atom stereocenters. The second kappa shape index (κ2) is 5.09. The lowest BCUT2D eigenvalue weighted by Gasteiger charge is -2.05. The van der Waals surface area contributed by atoms with Crippen molar-refractivity contribution >= 4 is 17.0 Å². The van der Waals surface area contributed by atoms with E-state index in [-0.39, 0.29) is 11.8 Å². The van der Waals surface area contributed by atoms with E-state index in [9.17, 15) is 5.11 Å². The largest absolute Gasteiger partial charge is 0.480 e.